The van der Waals surface area contributed by atoms with Gasteiger partial charge in [-0.3, -0.25) is 9.59 Å². The summed E-state index contributed by atoms with van der Waals surface area (Å²) in [5.41, 5.74) is 2.27. The first-order chi connectivity index (χ1) is 13.8. The van der Waals surface area contributed by atoms with Crippen LogP contribution in [0.25, 0.3) is 0 Å². The van der Waals surface area contributed by atoms with Crippen LogP contribution in [0.5, 0.6) is 11.8 Å². The Kier molecular flexibility index (Phi) is 4.30. The van der Waals surface area contributed by atoms with Crippen molar-refractivity contribution in [1.82, 2.24) is 19.7 Å². The Labute approximate surface area is 165 Å². The van der Waals surface area contributed by atoms with Crippen molar-refractivity contribution in [2.75, 3.05) is 7.11 Å². The van der Waals surface area contributed by atoms with E-state index in [0.717, 1.165) is 5.56 Å². The third-order valence-corrected chi connectivity index (χ3v) is 4.90. The van der Waals surface area contributed by atoms with Gasteiger partial charge in [-0.05, 0) is 31.5 Å². The number of rotatable bonds is 2. The third-order valence-electron chi connectivity index (χ3n) is 4.90. The maximum absolute atomic E-state index is 12.8. The van der Waals surface area contributed by atoms with Gasteiger partial charge in [0.1, 0.15) is 5.82 Å². The molecule has 9 heteroatoms. The minimum atomic E-state index is -0.564. The van der Waals surface area contributed by atoms with E-state index >= 15 is 0 Å². The van der Waals surface area contributed by atoms with E-state index in [0.29, 0.717) is 28.2 Å². The van der Waals surface area contributed by atoms with Crippen molar-refractivity contribution in [3.8, 4) is 11.8 Å². The fraction of sp³-hybridized carbons (Fsp3) is 0.250. The molecule has 1 aromatic carbocycles. The molecule has 0 aliphatic carbocycles. The smallest absolute Gasteiger partial charge is 0.337 e. The predicted octanol–water partition coefficient (Wildman–Crippen LogP) is 2.32. The number of methoxy groups -OCH3 is 1. The van der Waals surface area contributed by atoms with E-state index in [1.807, 2.05) is 0 Å². The number of fused-ring (bicyclic) bond motifs is 2. The molecule has 3 aromatic rings. The van der Waals surface area contributed by atoms with E-state index < -0.39 is 11.9 Å². The predicted molar refractivity (Wildman–Crippen MR) is 102 cm³/mol. The summed E-state index contributed by atoms with van der Waals surface area (Å²) in [6.45, 7) is 4.79. The molecule has 0 radical (unpaired) electrons. The molecule has 2 aromatic heterocycles. The summed E-state index contributed by atoms with van der Waals surface area (Å²) < 4.78 is 11.8. The molecule has 1 aliphatic heterocycles. The highest BCUT2D eigenvalue weighted by Gasteiger charge is 2.37. The molecule has 1 unspecified atom stereocenters. The van der Waals surface area contributed by atoms with E-state index in [4.69, 9.17) is 9.47 Å². The Morgan fingerprint density at radius 1 is 1.14 bits per heavy atom. The van der Waals surface area contributed by atoms with Crippen molar-refractivity contribution >= 4 is 11.9 Å². The zero-order valence-corrected chi connectivity index (χ0v) is 16.3. The van der Waals surface area contributed by atoms with Gasteiger partial charge in [-0.2, -0.15) is 4.98 Å². The van der Waals surface area contributed by atoms with Gasteiger partial charge in [0.25, 0.3) is 5.56 Å². The normalized spacial score (nSPS) is 14.6. The third kappa shape index (κ3) is 2.91. The van der Waals surface area contributed by atoms with Crippen molar-refractivity contribution in [3.63, 3.8) is 0 Å². The Morgan fingerprint density at radius 2 is 1.83 bits per heavy atom. The van der Waals surface area contributed by atoms with Crippen LogP contribution in [0.4, 0.5) is 0 Å². The molecule has 0 spiro atoms. The van der Waals surface area contributed by atoms with Gasteiger partial charge in [0.05, 0.1) is 29.8 Å². The van der Waals surface area contributed by atoms with E-state index in [9.17, 15) is 14.4 Å². The summed E-state index contributed by atoms with van der Waals surface area (Å²) in [7, 11) is 1.31. The van der Waals surface area contributed by atoms with Gasteiger partial charge in [-0.25, -0.2) is 9.48 Å². The molecule has 1 aliphatic rings. The highest BCUT2D eigenvalue weighted by molar-refractivity contribution is 5.89. The van der Waals surface area contributed by atoms with Gasteiger partial charge in [-0.15, -0.1) is 5.10 Å². The van der Waals surface area contributed by atoms with E-state index in [1.165, 1.54) is 18.7 Å². The summed E-state index contributed by atoms with van der Waals surface area (Å²) in [6.07, 6.45) is 0. The number of carbonyl (C=O) groups is 2. The highest BCUT2D eigenvalue weighted by atomic mass is 16.5. The molecule has 1 atom stereocenters. The zero-order chi connectivity index (χ0) is 20.9. The molecule has 29 heavy (non-hydrogen) atoms. The average Bonchev–Trinajstić information content (AvgIpc) is 3.02. The number of ether oxygens (including phenoxy) is 2. The second-order valence-corrected chi connectivity index (χ2v) is 6.75. The zero-order valence-electron chi connectivity index (χ0n) is 16.3. The molecule has 9 nitrogen and oxygen atoms in total. The second-order valence-electron chi connectivity index (χ2n) is 6.75. The molecule has 3 heterocycles. The van der Waals surface area contributed by atoms with Crippen LogP contribution in [-0.4, -0.2) is 38.7 Å². The summed E-state index contributed by atoms with van der Waals surface area (Å²) in [5, 5.41) is 4.26. The second kappa shape index (κ2) is 6.69. The number of nitrogens with one attached hydrogen (secondary N) is 1. The van der Waals surface area contributed by atoms with Crippen molar-refractivity contribution in [2.24, 2.45) is 0 Å². The van der Waals surface area contributed by atoms with E-state index in [-0.39, 0.29) is 23.2 Å². The highest BCUT2D eigenvalue weighted by Crippen LogP contribution is 2.45. The van der Waals surface area contributed by atoms with Crippen LogP contribution in [0.2, 0.25) is 0 Å². The number of benzene rings is 1. The Balaban J connectivity index is 1.96. The van der Waals surface area contributed by atoms with E-state index in [1.54, 1.807) is 38.1 Å². The molecule has 0 fully saturated rings. The lowest BCUT2D eigenvalue weighted by Crippen LogP contribution is -2.24. The Bertz CT molecular complexity index is 1210. The quantitative estimate of drug-likeness (QED) is 0.519. The minimum absolute atomic E-state index is 0.147. The molecule has 0 bridgehead atoms. The maximum Gasteiger partial charge on any atom is 0.337 e. The monoisotopic (exact) mass is 394 g/mol. The molecule has 148 valence electrons. The van der Waals surface area contributed by atoms with Crippen LogP contribution < -0.4 is 10.3 Å². The SMILES string of the molecule is COC(=O)c1ccc(C2c3c(nn(C(C)=O)c3C)Oc3nc(C)[nH]c(=O)c32)cc1. The van der Waals surface area contributed by atoms with Crippen molar-refractivity contribution in [3.05, 3.63) is 68.4 Å². The van der Waals surface area contributed by atoms with E-state index in [2.05, 4.69) is 15.1 Å². The van der Waals surface area contributed by atoms with Crippen molar-refractivity contribution in [2.45, 2.75) is 26.7 Å². The van der Waals surface area contributed by atoms with Gasteiger partial charge < -0.3 is 14.5 Å². The summed E-state index contributed by atoms with van der Waals surface area (Å²) in [4.78, 5) is 43.6. The summed E-state index contributed by atoms with van der Waals surface area (Å²) in [6, 6.07) is 6.71. The topological polar surface area (TPSA) is 116 Å². The lowest BCUT2D eigenvalue weighted by Gasteiger charge is -2.24. The number of carbonyl (C=O) groups excluding carboxylic acids is 2. The first-order valence-corrected chi connectivity index (χ1v) is 8.89. The van der Waals surface area contributed by atoms with Gasteiger partial charge in [0, 0.05) is 12.5 Å². The summed E-state index contributed by atoms with van der Waals surface area (Å²) in [5.74, 6) is -0.522. The molecule has 4 rings (SSSR count). The number of hydrogen-bond donors (Lipinski definition) is 1. The molecular formula is C20H18N4O5. The number of aromatic amines is 1. The van der Waals surface area contributed by atoms with Gasteiger partial charge in [0.15, 0.2) is 0 Å². The van der Waals surface area contributed by atoms with Crippen molar-refractivity contribution < 1.29 is 19.1 Å². The number of nitrogens with zero attached hydrogens (tertiary/aromatic N) is 3. The van der Waals surface area contributed by atoms with Crippen LogP contribution in [0.15, 0.2) is 29.1 Å². The summed E-state index contributed by atoms with van der Waals surface area (Å²) >= 11 is 0. The Morgan fingerprint density at radius 3 is 2.45 bits per heavy atom. The van der Waals surface area contributed by atoms with Gasteiger partial charge >= 0.3 is 5.97 Å². The molecule has 0 saturated carbocycles. The lowest BCUT2D eigenvalue weighted by atomic mass is 9.84. The molecule has 0 amide bonds. The first kappa shape index (κ1) is 18.6. The van der Waals surface area contributed by atoms with Crippen LogP contribution in [0.1, 0.15) is 56.2 Å². The van der Waals surface area contributed by atoms with Crippen LogP contribution in [0, 0.1) is 13.8 Å². The lowest BCUT2D eigenvalue weighted by molar-refractivity contribution is 0.0600. The number of esters is 1. The minimum Gasteiger partial charge on any atom is -0.465 e. The van der Waals surface area contributed by atoms with Crippen LogP contribution in [-0.2, 0) is 4.74 Å². The Hall–Kier alpha value is -3.75. The standard InChI is InChI=1S/C20H18N4O5/c1-9-14-15(12-5-7-13(8-6-12)20(27)28-4)16-17(26)21-10(2)22-18(16)29-19(14)23-24(9)11(3)25/h5-8,15H,1-4H3,(H,21,22,26). The average molecular weight is 394 g/mol. The number of hydrogen-bond acceptors (Lipinski definition) is 7. The largest absolute Gasteiger partial charge is 0.465 e. The van der Waals surface area contributed by atoms with Crippen molar-refractivity contribution in [1.29, 1.82) is 0 Å². The molecular weight excluding hydrogens is 376 g/mol. The fourth-order valence-electron chi connectivity index (χ4n) is 3.60. The van der Waals surface area contributed by atoms with Gasteiger partial charge in [0.2, 0.25) is 17.7 Å². The number of aryl methyl sites for hydroxylation is 1. The maximum atomic E-state index is 12.8. The first-order valence-electron chi connectivity index (χ1n) is 8.89. The van der Waals surface area contributed by atoms with Gasteiger partial charge in [-0.1, -0.05) is 12.1 Å². The molecule has 0 saturated heterocycles. The van der Waals surface area contributed by atoms with Crippen LogP contribution in [0.3, 0.4) is 0 Å². The fourth-order valence-corrected chi connectivity index (χ4v) is 3.60. The van der Waals surface area contributed by atoms with Crippen LogP contribution >= 0.6 is 0 Å². The number of aromatic nitrogens is 4. The number of H-pyrrole nitrogens is 1. The molecule has 1 N–H and O–H groups in total.